The van der Waals surface area contributed by atoms with E-state index in [4.69, 9.17) is 14.6 Å². The van der Waals surface area contributed by atoms with E-state index in [0.29, 0.717) is 17.2 Å². The number of allylic oxidation sites excluding steroid dienone is 1. The predicted octanol–water partition coefficient (Wildman–Crippen LogP) is 4.77. The van der Waals surface area contributed by atoms with Gasteiger partial charge in [0.15, 0.2) is 11.5 Å². The van der Waals surface area contributed by atoms with Gasteiger partial charge in [-0.3, -0.25) is 14.9 Å². The first-order chi connectivity index (χ1) is 15.3. The van der Waals surface area contributed by atoms with Gasteiger partial charge in [0.05, 0.1) is 30.9 Å². The number of hydrogen-bond donors (Lipinski definition) is 0. The Morgan fingerprint density at radius 2 is 1.78 bits per heavy atom. The average molecular weight is 437 g/mol. The van der Waals surface area contributed by atoms with E-state index in [1.54, 1.807) is 26.4 Å². The second kappa shape index (κ2) is 9.64. The molecule has 3 rings (SSSR count). The van der Waals surface area contributed by atoms with Crippen LogP contribution in [0.2, 0.25) is 0 Å². The highest BCUT2D eigenvalue weighted by atomic mass is 16.6. The third-order valence-electron chi connectivity index (χ3n) is 5.71. The number of carbonyl (C=O) groups excluding carboxylic acids is 1. The van der Waals surface area contributed by atoms with Gasteiger partial charge in [0.2, 0.25) is 5.91 Å². The van der Waals surface area contributed by atoms with Crippen molar-refractivity contribution in [3.8, 4) is 11.5 Å². The average Bonchev–Trinajstić information content (AvgIpc) is 2.90. The molecule has 0 spiro atoms. The topological polar surface area (TPSA) is 94.3 Å². The Hall–Kier alpha value is -3.68. The summed E-state index contributed by atoms with van der Waals surface area (Å²) in [5.41, 5.74) is 3.27. The van der Waals surface area contributed by atoms with Crippen molar-refractivity contribution in [3.63, 3.8) is 0 Å². The number of nitro groups is 1. The summed E-state index contributed by atoms with van der Waals surface area (Å²) >= 11 is 0. The lowest BCUT2D eigenvalue weighted by molar-refractivity contribution is -0.384. The molecule has 0 saturated carbocycles. The van der Waals surface area contributed by atoms with Gasteiger partial charge >= 0.3 is 0 Å². The number of amides is 1. The second-order valence-electron chi connectivity index (χ2n) is 7.58. The van der Waals surface area contributed by atoms with Crippen LogP contribution in [0.1, 0.15) is 49.8 Å². The molecular formula is C24H27N3O5. The number of nitrogens with zero attached hydrogens (tertiary/aromatic N) is 3. The maximum atomic E-state index is 12.4. The first-order valence-corrected chi connectivity index (χ1v) is 10.4. The summed E-state index contributed by atoms with van der Waals surface area (Å²) in [7, 11) is 3.17. The molecule has 2 aromatic rings. The van der Waals surface area contributed by atoms with Crippen LogP contribution in [0.4, 0.5) is 5.69 Å². The molecule has 0 radical (unpaired) electrons. The maximum Gasteiger partial charge on any atom is 0.269 e. The molecule has 8 heteroatoms. The molecule has 0 N–H and O–H groups in total. The summed E-state index contributed by atoms with van der Waals surface area (Å²) in [6, 6.07) is 9.92. The monoisotopic (exact) mass is 437 g/mol. The minimum Gasteiger partial charge on any atom is -0.493 e. The molecule has 2 unspecified atom stereocenters. The van der Waals surface area contributed by atoms with E-state index in [-0.39, 0.29) is 23.6 Å². The van der Waals surface area contributed by atoms with Crippen LogP contribution >= 0.6 is 0 Å². The fourth-order valence-electron chi connectivity index (χ4n) is 4.04. The number of fused-ring (bicyclic) bond motifs is 1. The van der Waals surface area contributed by atoms with Crippen molar-refractivity contribution in [1.29, 1.82) is 0 Å². The molecule has 2 atom stereocenters. The molecule has 0 saturated heterocycles. The van der Waals surface area contributed by atoms with Gasteiger partial charge in [-0.1, -0.05) is 13.0 Å². The van der Waals surface area contributed by atoms with Crippen LogP contribution < -0.4 is 9.47 Å². The Kier molecular flexibility index (Phi) is 6.92. The number of rotatable bonds is 6. The molecule has 32 heavy (non-hydrogen) atoms. The number of ether oxygens (including phenoxy) is 2. The molecule has 0 fully saturated rings. The maximum absolute atomic E-state index is 12.4. The Balaban J connectivity index is 2.16. The quantitative estimate of drug-likeness (QED) is 0.479. The van der Waals surface area contributed by atoms with E-state index in [2.05, 4.69) is 6.92 Å². The molecule has 2 aromatic carbocycles. The third kappa shape index (κ3) is 4.49. The first-order valence-electron chi connectivity index (χ1n) is 10.4. The van der Waals surface area contributed by atoms with Crippen molar-refractivity contribution in [2.45, 2.75) is 39.2 Å². The second-order valence-corrected chi connectivity index (χ2v) is 7.58. The largest absolute Gasteiger partial charge is 0.493 e. The zero-order valence-electron chi connectivity index (χ0n) is 18.9. The SMILES string of the molecule is CCC1c2cc(OC)c(OC)cc2C(C=Cc2ccc([N+](=O)[O-])cc2)=NN(C(C)=O)C1C. The fraction of sp³-hybridized carbons (Fsp3) is 0.333. The summed E-state index contributed by atoms with van der Waals surface area (Å²) in [5.74, 6) is 1.08. The lowest BCUT2D eigenvalue weighted by Gasteiger charge is -2.29. The van der Waals surface area contributed by atoms with Crippen LogP contribution in [0.3, 0.4) is 0 Å². The van der Waals surface area contributed by atoms with Crippen molar-refractivity contribution in [2.75, 3.05) is 14.2 Å². The number of methoxy groups -OCH3 is 2. The van der Waals surface area contributed by atoms with Gasteiger partial charge in [0.1, 0.15) is 0 Å². The zero-order valence-corrected chi connectivity index (χ0v) is 18.9. The van der Waals surface area contributed by atoms with Crippen LogP contribution in [-0.4, -0.2) is 41.8 Å². The number of benzene rings is 2. The lowest BCUT2D eigenvalue weighted by Crippen LogP contribution is -2.36. The highest BCUT2D eigenvalue weighted by Gasteiger charge is 2.32. The number of hydrogen-bond acceptors (Lipinski definition) is 6. The molecule has 168 valence electrons. The van der Waals surface area contributed by atoms with Crippen molar-refractivity contribution >= 4 is 23.4 Å². The number of carbonyl (C=O) groups is 1. The summed E-state index contributed by atoms with van der Waals surface area (Å²) < 4.78 is 11.0. The van der Waals surface area contributed by atoms with E-state index in [0.717, 1.165) is 23.1 Å². The number of nitro benzene ring substituents is 1. The normalized spacial score (nSPS) is 18.0. The molecule has 0 aliphatic carbocycles. The van der Waals surface area contributed by atoms with E-state index in [9.17, 15) is 14.9 Å². The molecule has 1 aliphatic heterocycles. The van der Waals surface area contributed by atoms with Crippen molar-refractivity contribution in [3.05, 3.63) is 69.3 Å². The predicted molar refractivity (Wildman–Crippen MR) is 123 cm³/mol. The molecule has 1 heterocycles. The van der Waals surface area contributed by atoms with Crippen LogP contribution in [0.5, 0.6) is 11.5 Å². The number of hydrazone groups is 1. The van der Waals surface area contributed by atoms with Gasteiger partial charge in [0.25, 0.3) is 5.69 Å². The van der Waals surface area contributed by atoms with E-state index < -0.39 is 4.92 Å². The molecular weight excluding hydrogens is 410 g/mol. The first kappa shape index (κ1) is 23.0. The summed E-state index contributed by atoms with van der Waals surface area (Å²) in [5, 5.41) is 17.1. The summed E-state index contributed by atoms with van der Waals surface area (Å²) in [6.07, 6.45) is 4.44. The lowest BCUT2D eigenvalue weighted by atomic mass is 9.85. The van der Waals surface area contributed by atoms with Gasteiger partial charge in [-0.25, -0.2) is 5.01 Å². The fourth-order valence-corrected chi connectivity index (χ4v) is 4.04. The minimum absolute atomic E-state index is 0.0264. The number of non-ortho nitro benzene ring substituents is 1. The molecule has 1 aliphatic rings. The van der Waals surface area contributed by atoms with Crippen LogP contribution in [0.25, 0.3) is 6.08 Å². The van der Waals surface area contributed by atoms with Crippen LogP contribution in [-0.2, 0) is 4.79 Å². The van der Waals surface area contributed by atoms with Gasteiger partial charge in [-0.2, -0.15) is 5.10 Å². The Bertz CT molecular complexity index is 1080. The smallest absolute Gasteiger partial charge is 0.269 e. The molecule has 8 nitrogen and oxygen atoms in total. The Morgan fingerprint density at radius 1 is 1.16 bits per heavy atom. The molecule has 1 amide bonds. The van der Waals surface area contributed by atoms with E-state index >= 15 is 0 Å². The highest BCUT2D eigenvalue weighted by Crippen LogP contribution is 2.39. The van der Waals surface area contributed by atoms with Gasteiger partial charge in [-0.05, 0) is 54.8 Å². The van der Waals surface area contributed by atoms with Crippen molar-refractivity contribution in [1.82, 2.24) is 5.01 Å². The minimum atomic E-state index is -0.435. The molecule has 0 aromatic heterocycles. The standard InChI is InChI=1S/C24H27N3O5/c1-6-19-15(2)26(16(3)28)25-22(12-9-17-7-10-18(11-8-17)27(29)30)21-14-24(32-5)23(31-4)13-20(19)21/h7-15,19H,6H2,1-5H3. The van der Waals surface area contributed by atoms with Crippen molar-refractivity contribution in [2.24, 2.45) is 5.10 Å². The Labute approximate surface area is 187 Å². The van der Waals surface area contributed by atoms with E-state index in [1.807, 2.05) is 31.2 Å². The zero-order chi connectivity index (χ0) is 23.4. The van der Waals surface area contributed by atoms with Crippen LogP contribution in [0, 0.1) is 10.1 Å². The van der Waals surface area contributed by atoms with Gasteiger partial charge in [0, 0.05) is 30.5 Å². The van der Waals surface area contributed by atoms with Gasteiger partial charge in [-0.15, -0.1) is 0 Å². The van der Waals surface area contributed by atoms with Crippen LogP contribution in [0.15, 0.2) is 47.6 Å². The van der Waals surface area contributed by atoms with E-state index in [1.165, 1.54) is 24.1 Å². The Morgan fingerprint density at radius 3 is 2.31 bits per heavy atom. The third-order valence-corrected chi connectivity index (χ3v) is 5.71. The summed E-state index contributed by atoms with van der Waals surface area (Å²) in [4.78, 5) is 22.9. The van der Waals surface area contributed by atoms with Gasteiger partial charge < -0.3 is 9.47 Å². The molecule has 0 bridgehead atoms. The highest BCUT2D eigenvalue weighted by molar-refractivity contribution is 6.12. The van der Waals surface area contributed by atoms with Crippen molar-refractivity contribution < 1.29 is 19.2 Å². The summed E-state index contributed by atoms with van der Waals surface area (Å²) in [6.45, 7) is 5.57.